The largest absolute Gasteiger partial charge is 0.416 e. The minimum atomic E-state index is -4.52. The van der Waals surface area contributed by atoms with Crippen LogP contribution in [0.15, 0.2) is 47.5 Å². The van der Waals surface area contributed by atoms with Gasteiger partial charge in [0.05, 0.1) is 17.9 Å². The Morgan fingerprint density at radius 2 is 1.79 bits per heavy atom. The fraction of sp³-hybridized carbons (Fsp3) is 0.464. The predicted octanol–water partition coefficient (Wildman–Crippen LogP) is 3.87. The van der Waals surface area contributed by atoms with Crippen molar-refractivity contribution in [1.82, 2.24) is 14.5 Å². The van der Waals surface area contributed by atoms with Crippen LogP contribution < -0.4 is 10.2 Å². The van der Waals surface area contributed by atoms with E-state index in [9.17, 15) is 31.9 Å². The molecular formula is C28H34F3N5O5S. The number of piperidine rings is 1. The van der Waals surface area contributed by atoms with E-state index in [-0.39, 0.29) is 62.3 Å². The summed E-state index contributed by atoms with van der Waals surface area (Å²) in [6.45, 7) is 3.54. The summed E-state index contributed by atoms with van der Waals surface area (Å²) in [6.07, 6.45) is -3.74. The Bertz CT molecular complexity index is 1390. The van der Waals surface area contributed by atoms with Crippen molar-refractivity contribution in [3.8, 4) is 0 Å². The van der Waals surface area contributed by atoms with Crippen molar-refractivity contribution in [2.75, 3.05) is 50.0 Å². The molecule has 0 aliphatic carbocycles. The molecule has 0 bridgehead atoms. The summed E-state index contributed by atoms with van der Waals surface area (Å²) in [4.78, 5) is 33.2. The lowest BCUT2D eigenvalue weighted by Gasteiger charge is -2.47. The molecule has 10 nitrogen and oxygen atoms in total. The highest BCUT2D eigenvalue weighted by Crippen LogP contribution is 2.47. The number of aliphatic imine (C=N–C) groups is 1. The molecule has 14 heteroatoms. The van der Waals surface area contributed by atoms with Crippen molar-refractivity contribution in [1.29, 1.82) is 0 Å². The second-order valence-corrected chi connectivity index (χ2v) is 13.0. The number of nitrogens with zero attached hydrogens (tertiary/aromatic N) is 4. The SMILES string of the molecule is Cc1cc(N2CCN(CCO)C2=O)ccc1CCS(O)(O)N1CCC2(CC1)N=C(c1cccc(C(F)(F)F)c1)NC2=O. The summed E-state index contributed by atoms with van der Waals surface area (Å²) in [5.41, 5.74) is 0.737. The molecule has 0 unspecified atom stereocenters. The number of benzene rings is 2. The molecule has 2 saturated heterocycles. The van der Waals surface area contributed by atoms with Gasteiger partial charge in [0.15, 0.2) is 0 Å². The number of hydrogen-bond acceptors (Lipinski definition) is 7. The van der Waals surface area contributed by atoms with Gasteiger partial charge >= 0.3 is 12.2 Å². The first-order valence-electron chi connectivity index (χ1n) is 13.7. The number of aryl methyl sites for hydroxylation is 2. The van der Waals surface area contributed by atoms with Crippen molar-refractivity contribution in [2.24, 2.45) is 4.99 Å². The van der Waals surface area contributed by atoms with E-state index < -0.39 is 34.0 Å². The molecule has 2 fully saturated rings. The molecule has 2 aromatic rings. The van der Waals surface area contributed by atoms with Gasteiger partial charge in [-0.25, -0.2) is 9.10 Å². The molecule has 228 valence electrons. The van der Waals surface area contributed by atoms with Crippen LogP contribution in [0, 0.1) is 6.92 Å². The predicted molar refractivity (Wildman–Crippen MR) is 154 cm³/mol. The number of anilines is 1. The van der Waals surface area contributed by atoms with Gasteiger partial charge < -0.3 is 15.3 Å². The quantitative estimate of drug-likeness (QED) is 0.360. The molecule has 42 heavy (non-hydrogen) atoms. The minimum absolute atomic E-state index is 0.0814. The van der Waals surface area contributed by atoms with Crippen molar-refractivity contribution < 1.29 is 37.0 Å². The number of hydrogen-bond donors (Lipinski definition) is 4. The molecule has 2 aromatic carbocycles. The molecule has 5 rings (SSSR count). The first-order valence-corrected chi connectivity index (χ1v) is 15.4. The summed E-state index contributed by atoms with van der Waals surface area (Å²) in [6, 6.07) is 10.1. The molecule has 4 N–H and O–H groups in total. The maximum atomic E-state index is 13.2. The molecule has 1 spiro atoms. The number of urea groups is 1. The van der Waals surface area contributed by atoms with Crippen LogP contribution in [0.25, 0.3) is 0 Å². The topological polar surface area (TPSA) is 129 Å². The highest BCUT2D eigenvalue weighted by atomic mass is 32.3. The van der Waals surface area contributed by atoms with E-state index in [1.807, 2.05) is 25.1 Å². The average Bonchev–Trinajstić information content (AvgIpc) is 3.47. The molecule has 0 saturated carbocycles. The van der Waals surface area contributed by atoms with Gasteiger partial charge in [0.1, 0.15) is 11.4 Å². The average molecular weight is 610 g/mol. The van der Waals surface area contributed by atoms with Crippen LogP contribution in [0.1, 0.15) is 35.1 Å². The maximum Gasteiger partial charge on any atom is 0.416 e. The Labute approximate surface area is 243 Å². The summed E-state index contributed by atoms with van der Waals surface area (Å²) >= 11 is 0. The molecule has 3 heterocycles. The standard InChI is InChI=1S/C28H34F3N5O5S/c1-19-17-23(36-13-12-34(14-15-37)26(36)39)6-5-20(19)7-16-42(40,41)35-10-8-27(9-11-35)25(38)32-24(33-27)21-3-2-4-22(18-21)28(29,30)31/h2-6,17-18,37,40-41H,7-16H2,1H3,(H,32,33,38). The van der Waals surface area contributed by atoms with Crippen molar-refractivity contribution in [3.05, 3.63) is 64.7 Å². The lowest BCUT2D eigenvalue weighted by Crippen LogP contribution is -2.49. The molecule has 3 amide bonds. The van der Waals surface area contributed by atoms with Crippen LogP contribution >= 0.6 is 10.8 Å². The zero-order valence-corrected chi connectivity index (χ0v) is 23.9. The number of β-amino-alcohol motifs (C(OH)–C–C–N with tert-alkyl or cyclic N) is 1. The Hall–Kier alpha value is -3.17. The lowest BCUT2D eigenvalue weighted by atomic mass is 9.89. The third-order valence-electron chi connectivity index (χ3n) is 8.15. The zero-order chi connectivity index (χ0) is 30.3. The van der Waals surface area contributed by atoms with Crippen LogP contribution in [0.4, 0.5) is 23.7 Å². The third-order valence-corrected chi connectivity index (χ3v) is 10.1. The van der Waals surface area contributed by atoms with Gasteiger partial charge in [-0.1, -0.05) is 18.2 Å². The number of carbonyl (C=O) groups is 2. The smallest absolute Gasteiger partial charge is 0.395 e. The summed E-state index contributed by atoms with van der Waals surface area (Å²) < 4.78 is 63.1. The molecule has 0 aromatic heterocycles. The van der Waals surface area contributed by atoms with E-state index in [0.717, 1.165) is 28.9 Å². The normalized spacial score (nSPS) is 19.9. The fourth-order valence-corrected chi connectivity index (χ4v) is 7.16. The summed E-state index contributed by atoms with van der Waals surface area (Å²) in [5.74, 6) is -0.238. The number of halogens is 3. The van der Waals surface area contributed by atoms with Gasteiger partial charge in [0.25, 0.3) is 5.91 Å². The van der Waals surface area contributed by atoms with Gasteiger partial charge in [-0.15, -0.1) is 10.8 Å². The van der Waals surface area contributed by atoms with Gasteiger partial charge in [-0.05, 0) is 61.6 Å². The highest BCUT2D eigenvalue weighted by molar-refractivity contribution is 8.22. The first kappa shape index (κ1) is 30.3. The second-order valence-electron chi connectivity index (χ2n) is 10.8. The van der Waals surface area contributed by atoms with E-state index in [1.54, 1.807) is 14.1 Å². The van der Waals surface area contributed by atoms with Crippen molar-refractivity contribution in [3.63, 3.8) is 0 Å². The lowest BCUT2D eigenvalue weighted by molar-refractivity contribution is -0.137. The minimum Gasteiger partial charge on any atom is -0.395 e. The number of nitrogens with one attached hydrogen (secondary N) is 1. The van der Waals surface area contributed by atoms with Gasteiger partial charge in [-0.3, -0.25) is 23.8 Å². The Morgan fingerprint density at radius 3 is 2.45 bits per heavy atom. The van der Waals surface area contributed by atoms with Crippen LogP contribution in [0.3, 0.4) is 0 Å². The van der Waals surface area contributed by atoms with Gasteiger partial charge in [0.2, 0.25) is 0 Å². The number of rotatable bonds is 8. The van der Waals surface area contributed by atoms with E-state index in [2.05, 4.69) is 10.3 Å². The van der Waals surface area contributed by atoms with Crippen LogP contribution in [-0.2, 0) is 17.4 Å². The van der Waals surface area contributed by atoms with E-state index >= 15 is 0 Å². The summed E-state index contributed by atoms with van der Waals surface area (Å²) in [5, 5.41) is 11.8. The number of aliphatic hydroxyl groups excluding tert-OH is 1. The number of carbonyl (C=O) groups excluding carboxylic acids is 2. The van der Waals surface area contributed by atoms with Crippen LogP contribution in [0.2, 0.25) is 0 Å². The molecule has 3 aliphatic heterocycles. The zero-order valence-electron chi connectivity index (χ0n) is 23.1. The number of amides is 3. The monoisotopic (exact) mass is 609 g/mol. The summed E-state index contributed by atoms with van der Waals surface area (Å²) in [7, 11) is -3.16. The first-order chi connectivity index (χ1) is 19.8. The van der Waals surface area contributed by atoms with Crippen molar-refractivity contribution >= 4 is 34.2 Å². The van der Waals surface area contributed by atoms with E-state index in [4.69, 9.17) is 5.11 Å². The van der Waals surface area contributed by atoms with E-state index in [1.165, 1.54) is 12.1 Å². The van der Waals surface area contributed by atoms with Crippen molar-refractivity contribution in [2.45, 2.75) is 37.9 Å². The van der Waals surface area contributed by atoms with Crippen LogP contribution in [0.5, 0.6) is 0 Å². The Morgan fingerprint density at radius 1 is 1.05 bits per heavy atom. The van der Waals surface area contributed by atoms with E-state index in [0.29, 0.717) is 19.5 Å². The Kier molecular flexibility index (Phi) is 8.29. The third kappa shape index (κ3) is 5.99. The number of aliphatic hydroxyl groups is 1. The molecule has 0 radical (unpaired) electrons. The number of amidine groups is 1. The highest BCUT2D eigenvalue weighted by Gasteiger charge is 2.47. The Balaban J connectivity index is 1.20. The molecule has 0 atom stereocenters. The van der Waals surface area contributed by atoms with Gasteiger partial charge in [-0.2, -0.15) is 13.2 Å². The van der Waals surface area contributed by atoms with Gasteiger partial charge in [0, 0.05) is 44.0 Å². The fourth-order valence-electron chi connectivity index (χ4n) is 5.64. The second kappa shape index (κ2) is 11.5. The van der Waals surface area contributed by atoms with Crippen LogP contribution in [-0.4, -0.2) is 91.8 Å². The molecule has 3 aliphatic rings. The maximum absolute atomic E-state index is 13.2. The molecular weight excluding hydrogens is 575 g/mol. The number of alkyl halides is 3.